The summed E-state index contributed by atoms with van der Waals surface area (Å²) in [6.07, 6.45) is 4.05. The fourth-order valence-electron chi connectivity index (χ4n) is 1.13. The van der Waals surface area contributed by atoms with Crippen molar-refractivity contribution < 1.29 is 13.5 Å². The first-order chi connectivity index (χ1) is 7.39. The lowest BCUT2D eigenvalue weighted by atomic mass is 10.1. The predicted octanol–water partition coefficient (Wildman–Crippen LogP) is 0.603. The van der Waals surface area contributed by atoms with Crippen LogP contribution in [-0.4, -0.2) is 31.9 Å². The largest absolute Gasteiger partial charge is 0.376 e. The Labute approximate surface area is 95.6 Å². The quantitative estimate of drug-likeness (QED) is 0.786. The average molecular weight is 239 g/mol. The Kier molecular flexibility index (Phi) is 3.70. The van der Waals surface area contributed by atoms with Gasteiger partial charge in [-0.1, -0.05) is 18.1 Å². The highest BCUT2D eigenvalue weighted by atomic mass is 32.2. The summed E-state index contributed by atoms with van der Waals surface area (Å²) < 4.78 is 24.5. The summed E-state index contributed by atoms with van der Waals surface area (Å²) in [5.74, 6) is 2.16. The second-order valence-electron chi connectivity index (χ2n) is 3.43. The molecule has 86 valence electrons. The molecule has 0 amide bonds. The van der Waals surface area contributed by atoms with Gasteiger partial charge in [0, 0.05) is 14.1 Å². The van der Waals surface area contributed by atoms with Crippen molar-refractivity contribution in [2.75, 3.05) is 14.1 Å². The first-order valence-electron chi connectivity index (χ1n) is 4.56. The van der Waals surface area contributed by atoms with Gasteiger partial charge in [0.2, 0.25) is 10.0 Å². The predicted molar refractivity (Wildman–Crippen MR) is 61.1 cm³/mol. The lowest BCUT2D eigenvalue weighted by Gasteiger charge is -2.12. The lowest BCUT2D eigenvalue weighted by Crippen LogP contribution is -2.22. The van der Waals surface area contributed by atoms with Crippen LogP contribution in [0.4, 0.5) is 0 Å². The topological polar surface area (TPSA) is 57.6 Å². The smallest absolute Gasteiger partial charge is 0.242 e. The number of benzene rings is 1. The Hall–Kier alpha value is -1.35. The lowest BCUT2D eigenvalue weighted by molar-refractivity contribution is 0.238. The maximum atomic E-state index is 11.7. The van der Waals surface area contributed by atoms with E-state index in [1.807, 2.05) is 0 Å². The highest BCUT2D eigenvalue weighted by Gasteiger charge is 2.17. The van der Waals surface area contributed by atoms with Gasteiger partial charge in [0.1, 0.15) is 6.10 Å². The molecule has 0 aliphatic heterocycles. The van der Waals surface area contributed by atoms with E-state index in [1.165, 1.54) is 38.4 Å². The highest BCUT2D eigenvalue weighted by Crippen LogP contribution is 2.17. The first kappa shape index (κ1) is 12.7. The van der Waals surface area contributed by atoms with Crippen LogP contribution in [0.5, 0.6) is 0 Å². The van der Waals surface area contributed by atoms with E-state index in [0.29, 0.717) is 5.56 Å². The standard InChI is InChI=1S/C11H13NO3S/c1-4-11(13)9-5-7-10(8-6-9)16(14,15)12(2)3/h1,5-8,11,13H,2-3H3. The Morgan fingerprint density at radius 1 is 1.31 bits per heavy atom. The molecule has 1 aromatic carbocycles. The third-order valence-corrected chi connectivity index (χ3v) is 3.96. The van der Waals surface area contributed by atoms with Crippen LogP contribution in [0.15, 0.2) is 29.2 Å². The van der Waals surface area contributed by atoms with Crippen molar-refractivity contribution in [1.82, 2.24) is 4.31 Å². The van der Waals surface area contributed by atoms with Crippen LogP contribution < -0.4 is 0 Å². The third kappa shape index (κ3) is 2.42. The molecule has 4 nitrogen and oxygen atoms in total. The number of aliphatic hydroxyl groups is 1. The maximum Gasteiger partial charge on any atom is 0.242 e. The molecule has 1 N–H and O–H groups in total. The summed E-state index contributed by atoms with van der Waals surface area (Å²) in [5.41, 5.74) is 0.500. The highest BCUT2D eigenvalue weighted by molar-refractivity contribution is 7.89. The molecule has 0 spiro atoms. The van der Waals surface area contributed by atoms with Crippen molar-refractivity contribution in [3.8, 4) is 12.3 Å². The van der Waals surface area contributed by atoms with E-state index < -0.39 is 16.1 Å². The zero-order chi connectivity index (χ0) is 12.3. The Morgan fingerprint density at radius 3 is 2.19 bits per heavy atom. The summed E-state index contributed by atoms with van der Waals surface area (Å²) in [7, 11) is -0.510. The third-order valence-electron chi connectivity index (χ3n) is 2.13. The van der Waals surface area contributed by atoms with Crippen molar-refractivity contribution in [1.29, 1.82) is 0 Å². The molecule has 0 saturated heterocycles. The molecule has 0 aliphatic carbocycles. The van der Waals surface area contributed by atoms with Crippen LogP contribution in [-0.2, 0) is 10.0 Å². The number of aliphatic hydroxyl groups excluding tert-OH is 1. The minimum Gasteiger partial charge on any atom is -0.376 e. The van der Waals surface area contributed by atoms with Gasteiger partial charge < -0.3 is 5.11 Å². The van der Waals surface area contributed by atoms with Gasteiger partial charge in [-0.2, -0.15) is 0 Å². The van der Waals surface area contributed by atoms with Crippen LogP contribution in [0.2, 0.25) is 0 Å². The number of hydrogen-bond acceptors (Lipinski definition) is 3. The van der Waals surface area contributed by atoms with Gasteiger partial charge in [0.15, 0.2) is 0 Å². The molecule has 0 bridgehead atoms. The Balaban J connectivity index is 3.11. The van der Waals surface area contributed by atoms with Gasteiger partial charge in [-0.05, 0) is 17.7 Å². The minimum absolute atomic E-state index is 0.172. The second-order valence-corrected chi connectivity index (χ2v) is 5.58. The molecule has 0 radical (unpaired) electrons. The fraction of sp³-hybridized carbons (Fsp3) is 0.273. The summed E-state index contributed by atoms with van der Waals surface area (Å²) >= 11 is 0. The molecule has 1 rings (SSSR count). The molecule has 5 heteroatoms. The molecule has 0 aromatic heterocycles. The Morgan fingerprint density at radius 2 is 1.81 bits per heavy atom. The van der Waals surface area contributed by atoms with Gasteiger partial charge >= 0.3 is 0 Å². The van der Waals surface area contributed by atoms with Crippen LogP contribution in [0, 0.1) is 12.3 Å². The van der Waals surface area contributed by atoms with Crippen LogP contribution in [0.25, 0.3) is 0 Å². The molecule has 0 aliphatic rings. The maximum absolute atomic E-state index is 11.7. The van der Waals surface area contributed by atoms with E-state index in [1.54, 1.807) is 0 Å². The summed E-state index contributed by atoms with van der Waals surface area (Å²) in [4.78, 5) is 0.172. The number of hydrogen-bond donors (Lipinski definition) is 1. The fourth-order valence-corrected chi connectivity index (χ4v) is 2.03. The van der Waals surface area contributed by atoms with E-state index in [0.717, 1.165) is 4.31 Å². The molecule has 1 aromatic rings. The SMILES string of the molecule is C#CC(O)c1ccc(S(=O)(=O)N(C)C)cc1. The van der Waals surface area contributed by atoms with E-state index in [4.69, 9.17) is 6.42 Å². The van der Waals surface area contributed by atoms with Gasteiger partial charge in [0.25, 0.3) is 0 Å². The molecule has 16 heavy (non-hydrogen) atoms. The van der Waals surface area contributed by atoms with Gasteiger partial charge in [0.05, 0.1) is 4.90 Å². The van der Waals surface area contributed by atoms with Crippen molar-refractivity contribution in [3.05, 3.63) is 29.8 Å². The number of sulfonamides is 1. The van der Waals surface area contributed by atoms with E-state index in [9.17, 15) is 13.5 Å². The van der Waals surface area contributed by atoms with Gasteiger partial charge in [-0.15, -0.1) is 6.42 Å². The summed E-state index contributed by atoms with van der Waals surface area (Å²) in [6.45, 7) is 0. The van der Waals surface area contributed by atoms with Gasteiger partial charge in [-0.3, -0.25) is 0 Å². The van der Waals surface area contributed by atoms with Crippen molar-refractivity contribution in [2.45, 2.75) is 11.0 Å². The number of rotatable bonds is 3. The van der Waals surface area contributed by atoms with E-state index >= 15 is 0 Å². The van der Waals surface area contributed by atoms with Crippen LogP contribution in [0.1, 0.15) is 11.7 Å². The number of terminal acetylenes is 1. The second kappa shape index (κ2) is 4.66. The monoisotopic (exact) mass is 239 g/mol. The summed E-state index contributed by atoms with van der Waals surface area (Å²) in [5, 5.41) is 9.34. The molecular weight excluding hydrogens is 226 g/mol. The van der Waals surface area contributed by atoms with E-state index in [-0.39, 0.29) is 4.90 Å². The molecule has 1 unspecified atom stereocenters. The molecule has 0 saturated carbocycles. The van der Waals surface area contributed by atoms with Crippen LogP contribution >= 0.6 is 0 Å². The van der Waals surface area contributed by atoms with Crippen LogP contribution in [0.3, 0.4) is 0 Å². The zero-order valence-corrected chi connectivity index (χ0v) is 9.90. The summed E-state index contributed by atoms with van der Waals surface area (Å²) in [6, 6.07) is 5.85. The van der Waals surface area contributed by atoms with Crippen molar-refractivity contribution >= 4 is 10.0 Å². The normalized spacial score (nSPS) is 13.4. The minimum atomic E-state index is -3.43. The number of nitrogens with zero attached hydrogens (tertiary/aromatic N) is 1. The van der Waals surface area contributed by atoms with Gasteiger partial charge in [-0.25, -0.2) is 12.7 Å². The molecular formula is C11H13NO3S. The zero-order valence-electron chi connectivity index (χ0n) is 9.08. The van der Waals surface area contributed by atoms with Crippen molar-refractivity contribution in [3.63, 3.8) is 0 Å². The molecule has 0 heterocycles. The first-order valence-corrected chi connectivity index (χ1v) is 6.00. The average Bonchev–Trinajstić information content (AvgIpc) is 2.28. The molecule has 0 fully saturated rings. The van der Waals surface area contributed by atoms with E-state index in [2.05, 4.69) is 5.92 Å². The van der Waals surface area contributed by atoms with Crippen molar-refractivity contribution in [2.24, 2.45) is 0 Å². The molecule has 1 atom stereocenters. The Bertz CT molecular complexity index is 497.